The van der Waals surface area contributed by atoms with Crippen molar-refractivity contribution in [1.82, 2.24) is 0 Å². The summed E-state index contributed by atoms with van der Waals surface area (Å²) in [5, 5.41) is 0. The first kappa shape index (κ1) is 9.36. The molecule has 0 radical (unpaired) electrons. The predicted octanol–water partition coefficient (Wildman–Crippen LogP) is 1.67. The van der Waals surface area contributed by atoms with Crippen LogP contribution in [0.5, 0.6) is 0 Å². The van der Waals surface area contributed by atoms with Gasteiger partial charge in [0.1, 0.15) is 5.78 Å². The molecule has 2 nitrogen and oxygen atoms in total. The van der Waals surface area contributed by atoms with Crippen LogP contribution in [0.2, 0.25) is 0 Å². The first-order valence-corrected chi connectivity index (χ1v) is 4.34. The van der Waals surface area contributed by atoms with Crippen molar-refractivity contribution in [2.75, 3.05) is 0 Å². The van der Waals surface area contributed by atoms with Crippen molar-refractivity contribution >= 4 is 11.6 Å². The molecule has 0 spiro atoms. The molecule has 1 unspecified atom stereocenters. The van der Waals surface area contributed by atoms with Gasteiger partial charge in [0.15, 0.2) is 12.0 Å². The fraction of sp³-hybridized carbons (Fsp3) is 0.778. The Morgan fingerprint density at radius 3 is 2.50 bits per heavy atom. The summed E-state index contributed by atoms with van der Waals surface area (Å²) >= 11 is 0. The number of carbonyl (C=O) groups excluding carboxylic acids is 2. The number of rotatable bonds is 5. The first-order valence-electron chi connectivity index (χ1n) is 4.34. The topological polar surface area (TPSA) is 34.1 Å². The molecular weight excluding hydrogens is 159 g/mol. The summed E-state index contributed by atoms with van der Waals surface area (Å²) in [4.78, 5) is 22.0. The molecule has 0 amide bonds. The van der Waals surface area contributed by atoms with Crippen LogP contribution in [0.15, 0.2) is 0 Å². The molecule has 0 aliphatic heterocycles. The van der Waals surface area contributed by atoms with Crippen molar-refractivity contribution in [2.45, 2.75) is 38.8 Å². The molecule has 1 aliphatic rings. The average Bonchev–Trinajstić information content (AvgIpc) is 2.84. The van der Waals surface area contributed by atoms with E-state index in [1.165, 1.54) is 0 Å². The minimum atomic E-state index is -1.44. The molecule has 0 bridgehead atoms. The molecule has 0 heterocycles. The van der Waals surface area contributed by atoms with Gasteiger partial charge in [-0.15, -0.1) is 0 Å². The maximum atomic E-state index is 12.7. The minimum Gasteiger partial charge on any atom is -0.299 e. The molecule has 0 aromatic heterocycles. The van der Waals surface area contributed by atoms with Crippen LogP contribution in [0, 0.1) is 5.92 Å². The standard InChI is InChI=1S/C9H13FO2/c1-2-7(10)9(12)5-8(11)6-3-4-6/h6-7H,2-5H2,1H3. The average molecular weight is 172 g/mol. The Labute approximate surface area is 71.1 Å². The molecule has 3 heteroatoms. The van der Waals surface area contributed by atoms with Crippen LogP contribution in [-0.2, 0) is 9.59 Å². The Morgan fingerprint density at radius 2 is 2.08 bits per heavy atom. The molecule has 1 rings (SSSR count). The SMILES string of the molecule is CCC(F)C(=O)CC(=O)C1CC1. The van der Waals surface area contributed by atoms with Crippen LogP contribution >= 0.6 is 0 Å². The van der Waals surface area contributed by atoms with Gasteiger partial charge in [-0.2, -0.15) is 0 Å². The lowest BCUT2D eigenvalue weighted by atomic mass is 10.1. The van der Waals surface area contributed by atoms with Crippen LogP contribution in [0.4, 0.5) is 4.39 Å². The van der Waals surface area contributed by atoms with Gasteiger partial charge in [-0.3, -0.25) is 9.59 Å². The molecule has 1 aliphatic carbocycles. The third-order valence-electron chi connectivity index (χ3n) is 2.09. The van der Waals surface area contributed by atoms with Crippen molar-refractivity contribution in [3.8, 4) is 0 Å². The largest absolute Gasteiger partial charge is 0.299 e. The molecule has 68 valence electrons. The fourth-order valence-electron chi connectivity index (χ4n) is 1.06. The van der Waals surface area contributed by atoms with E-state index in [0.717, 1.165) is 12.8 Å². The van der Waals surface area contributed by atoms with Crippen LogP contribution < -0.4 is 0 Å². The molecule has 0 N–H and O–H groups in total. The lowest BCUT2D eigenvalue weighted by molar-refractivity contribution is -0.130. The Kier molecular flexibility index (Phi) is 2.95. The zero-order valence-corrected chi connectivity index (χ0v) is 7.18. The second kappa shape index (κ2) is 3.78. The smallest absolute Gasteiger partial charge is 0.174 e. The van der Waals surface area contributed by atoms with Crippen molar-refractivity contribution in [1.29, 1.82) is 0 Å². The van der Waals surface area contributed by atoms with Gasteiger partial charge in [-0.05, 0) is 19.3 Å². The molecular formula is C9H13FO2. The highest BCUT2D eigenvalue weighted by molar-refractivity contribution is 6.02. The van der Waals surface area contributed by atoms with E-state index in [1.54, 1.807) is 6.92 Å². The van der Waals surface area contributed by atoms with Gasteiger partial charge in [-0.25, -0.2) is 4.39 Å². The van der Waals surface area contributed by atoms with Gasteiger partial charge in [0, 0.05) is 5.92 Å². The van der Waals surface area contributed by atoms with Crippen LogP contribution in [0.25, 0.3) is 0 Å². The molecule has 0 saturated heterocycles. The molecule has 1 saturated carbocycles. The van der Waals surface area contributed by atoms with E-state index in [-0.39, 0.29) is 24.5 Å². The lowest BCUT2D eigenvalue weighted by Gasteiger charge is -2.01. The number of carbonyl (C=O) groups is 2. The Balaban J connectivity index is 2.29. The summed E-state index contributed by atoms with van der Waals surface area (Å²) < 4.78 is 12.7. The zero-order chi connectivity index (χ0) is 9.14. The van der Waals surface area contributed by atoms with Gasteiger partial charge in [0.05, 0.1) is 6.42 Å². The van der Waals surface area contributed by atoms with E-state index < -0.39 is 12.0 Å². The summed E-state index contributed by atoms with van der Waals surface area (Å²) in [5.74, 6) is -0.552. The molecule has 1 atom stereocenters. The summed E-state index contributed by atoms with van der Waals surface area (Å²) in [6.45, 7) is 1.60. The van der Waals surface area contributed by atoms with Gasteiger partial charge in [-0.1, -0.05) is 6.92 Å². The van der Waals surface area contributed by atoms with Crippen LogP contribution in [0.1, 0.15) is 32.6 Å². The normalized spacial score (nSPS) is 18.8. The van der Waals surface area contributed by atoms with E-state index in [0.29, 0.717) is 0 Å². The summed E-state index contributed by atoms with van der Waals surface area (Å²) in [6.07, 6.45) is 0.314. The lowest BCUT2D eigenvalue weighted by Crippen LogP contribution is -2.19. The Bertz CT molecular complexity index is 197. The van der Waals surface area contributed by atoms with Crippen molar-refractivity contribution in [2.24, 2.45) is 5.92 Å². The molecule has 1 fully saturated rings. The molecule has 0 aromatic rings. The highest BCUT2D eigenvalue weighted by Gasteiger charge is 2.31. The summed E-state index contributed by atoms with van der Waals surface area (Å²) in [6, 6.07) is 0. The van der Waals surface area contributed by atoms with Crippen LogP contribution in [-0.4, -0.2) is 17.7 Å². The molecule has 0 aromatic carbocycles. The number of Topliss-reactive ketones (excluding diaryl/α,β-unsaturated/α-hetero) is 2. The number of ketones is 2. The van der Waals surface area contributed by atoms with Crippen molar-refractivity contribution in [3.05, 3.63) is 0 Å². The quantitative estimate of drug-likeness (QED) is 0.591. The monoisotopic (exact) mass is 172 g/mol. The summed E-state index contributed by atoms with van der Waals surface area (Å²) in [5.41, 5.74) is 0. The van der Waals surface area contributed by atoms with Gasteiger partial charge in [0.25, 0.3) is 0 Å². The van der Waals surface area contributed by atoms with Gasteiger partial charge >= 0.3 is 0 Å². The number of halogens is 1. The van der Waals surface area contributed by atoms with E-state index >= 15 is 0 Å². The Morgan fingerprint density at radius 1 is 1.50 bits per heavy atom. The maximum absolute atomic E-state index is 12.7. The first-order chi connectivity index (χ1) is 5.65. The van der Waals surface area contributed by atoms with E-state index in [2.05, 4.69) is 0 Å². The zero-order valence-electron chi connectivity index (χ0n) is 7.18. The third kappa shape index (κ3) is 2.40. The van der Waals surface area contributed by atoms with E-state index in [9.17, 15) is 14.0 Å². The highest BCUT2D eigenvalue weighted by Crippen LogP contribution is 2.31. The van der Waals surface area contributed by atoms with Gasteiger partial charge < -0.3 is 0 Å². The van der Waals surface area contributed by atoms with Crippen molar-refractivity contribution < 1.29 is 14.0 Å². The second-order valence-electron chi connectivity index (χ2n) is 3.26. The maximum Gasteiger partial charge on any atom is 0.174 e. The highest BCUT2D eigenvalue weighted by atomic mass is 19.1. The van der Waals surface area contributed by atoms with E-state index in [1.807, 2.05) is 0 Å². The molecule has 12 heavy (non-hydrogen) atoms. The fourth-order valence-corrected chi connectivity index (χ4v) is 1.06. The number of alkyl halides is 1. The second-order valence-corrected chi connectivity index (χ2v) is 3.26. The predicted molar refractivity (Wildman–Crippen MR) is 42.5 cm³/mol. The van der Waals surface area contributed by atoms with Crippen molar-refractivity contribution in [3.63, 3.8) is 0 Å². The summed E-state index contributed by atoms with van der Waals surface area (Å²) in [7, 11) is 0. The Hall–Kier alpha value is -0.730. The van der Waals surface area contributed by atoms with E-state index in [4.69, 9.17) is 0 Å². The third-order valence-corrected chi connectivity index (χ3v) is 2.09. The van der Waals surface area contributed by atoms with Gasteiger partial charge in [0.2, 0.25) is 0 Å². The number of hydrogen-bond acceptors (Lipinski definition) is 2. The number of hydrogen-bond donors (Lipinski definition) is 0. The van der Waals surface area contributed by atoms with Crippen LogP contribution in [0.3, 0.4) is 0 Å². The minimum absolute atomic E-state index is 0.0676.